The van der Waals surface area contributed by atoms with Gasteiger partial charge in [-0.05, 0) is 17.9 Å². The number of carbonyl (C=O) groups is 3. The first-order chi connectivity index (χ1) is 11.6. The van der Waals surface area contributed by atoms with Crippen LogP contribution in [-0.2, 0) is 4.79 Å². The highest BCUT2D eigenvalue weighted by Gasteiger charge is 2.34. The van der Waals surface area contributed by atoms with Crippen LogP contribution in [0.3, 0.4) is 0 Å². The van der Waals surface area contributed by atoms with Crippen molar-refractivity contribution >= 4 is 35.4 Å². The number of H-pyrrole nitrogens is 1. The van der Waals surface area contributed by atoms with E-state index in [0.29, 0.717) is 16.3 Å². The average Bonchev–Trinajstić information content (AvgIpc) is 3.10. The molecule has 1 aromatic carbocycles. The zero-order valence-electron chi connectivity index (χ0n) is 12.9. The van der Waals surface area contributed by atoms with E-state index in [1.807, 2.05) is 6.92 Å². The molecule has 9 heteroatoms. The van der Waals surface area contributed by atoms with Crippen molar-refractivity contribution < 1.29 is 14.4 Å². The Hall–Kier alpha value is -2.68. The molecule has 1 aliphatic rings. The highest BCUT2D eigenvalue weighted by Crippen LogP contribution is 2.22. The normalized spacial score (nSPS) is 13.3. The summed E-state index contributed by atoms with van der Waals surface area (Å²) in [6.07, 6.45) is -0.0115. The van der Waals surface area contributed by atoms with E-state index in [1.54, 1.807) is 24.3 Å². The Morgan fingerprint density at radius 2 is 1.92 bits per heavy atom. The van der Waals surface area contributed by atoms with E-state index < -0.39 is 0 Å². The second kappa shape index (κ2) is 6.83. The first-order valence-electron chi connectivity index (χ1n) is 7.40. The van der Waals surface area contributed by atoms with Gasteiger partial charge in [-0.2, -0.15) is 4.98 Å². The van der Waals surface area contributed by atoms with Crippen molar-refractivity contribution in [3.05, 3.63) is 35.4 Å². The first-order valence-corrected chi connectivity index (χ1v) is 8.39. The predicted octanol–water partition coefficient (Wildman–Crippen LogP) is 1.54. The number of imide groups is 1. The zero-order chi connectivity index (χ0) is 17.1. The fraction of sp³-hybridized carbons (Fsp3) is 0.267. The summed E-state index contributed by atoms with van der Waals surface area (Å²) < 4.78 is 0. The van der Waals surface area contributed by atoms with Crippen LogP contribution in [-0.4, -0.2) is 50.1 Å². The van der Waals surface area contributed by atoms with E-state index in [9.17, 15) is 14.4 Å². The number of benzene rings is 1. The van der Waals surface area contributed by atoms with Crippen LogP contribution in [0.25, 0.3) is 0 Å². The lowest BCUT2D eigenvalue weighted by Crippen LogP contribution is -2.33. The molecule has 0 aliphatic carbocycles. The van der Waals surface area contributed by atoms with Crippen molar-refractivity contribution in [2.24, 2.45) is 0 Å². The van der Waals surface area contributed by atoms with Crippen LogP contribution in [0, 0.1) is 0 Å². The number of carbonyl (C=O) groups excluding carboxylic acids is 3. The van der Waals surface area contributed by atoms with Gasteiger partial charge < -0.3 is 0 Å². The summed E-state index contributed by atoms with van der Waals surface area (Å²) in [7, 11) is 0. The van der Waals surface area contributed by atoms with E-state index in [2.05, 4.69) is 20.5 Å². The van der Waals surface area contributed by atoms with Crippen molar-refractivity contribution in [1.82, 2.24) is 20.1 Å². The monoisotopic (exact) mass is 345 g/mol. The lowest BCUT2D eigenvalue weighted by molar-refractivity contribution is -0.116. The van der Waals surface area contributed by atoms with Crippen molar-refractivity contribution in [2.45, 2.75) is 18.5 Å². The number of fused-ring (bicyclic) bond motifs is 1. The molecule has 0 fully saturated rings. The van der Waals surface area contributed by atoms with Gasteiger partial charge >= 0.3 is 0 Å². The highest BCUT2D eigenvalue weighted by atomic mass is 32.2. The maximum atomic E-state index is 12.2. The molecule has 2 heterocycles. The van der Waals surface area contributed by atoms with E-state index in [4.69, 9.17) is 0 Å². The van der Waals surface area contributed by atoms with Crippen molar-refractivity contribution in [2.75, 3.05) is 17.6 Å². The van der Waals surface area contributed by atoms with Crippen LogP contribution in [0.5, 0.6) is 0 Å². The minimum Gasteiger partial charge on any atom is -0.295 e. The molecule has 0 unspecified atom stereocenters. The molecule has 0 radical (unpaired) electrons. The number of hydrogen-bond acceptors (Lipinski definition) is 6. The molecule has 0 spiro atoms. The molecule has 8 nitrogen and oxygen atoms in total. The molecule has 2 N–H and O–H groups in total. The lowest BCUT2D eigenvalue weighted by Gasteiger charge is -2.12. The Labute approximate surface area is 142 Å². The number of rotatable bonds is 6. The van der Waals surface area contributed by atoms with Crippen molar-refractivity contribution in [1.29, 1.82) is 0 Å². The second-order valence-electron chi connectivity index (χ2n) is 5.01. The minimum absolute atomic E-state index is 0.0115. The Morgan fingerprint density at radius 1 is 1.25 bits per heavy atom. The Balaban J connectivity index is 1.57. The molecule has 0 bridgehead atoms. The topological polar surface area (TPSA) is 108 Å². The number of aromatic nitrogens is 3. The van der Waals surface area contributed by atoms with Crippen LogP contribution in [0.15, 0.2) is 29.4 Å². The Bertz CT molecular complexity index is 769. The fourth-order valence-electron chi connectivity index (χ4n) is 2.35. The van der Waals surface area contributed by atoms with Gasteiger partial charge in [0.25, 0.3) is 11.8 Å². The van der Waals surface area contributed by atoms with Crippen LogP contribution in [0.1, 0.15) is 34.1 Å². The van der Waals surface area contributed by atoms with Crippen molar-refractivity contribution in [3.63, 3.8) is 0 Å². The molecule has 0 saturated carbocycles. The molecular formula is C15H15N5O3S. The van der Waals surface area contributed by atoms with Gasteiger partial charge in [-0.3, -0.25) is 24.6 Å². The summed E-state index contributed by atoms with van der Waals surface area (Å²) in [6, 6.07) is 6.63. The van der Waals surface area contributed by atoms with E-state index in [1.165, 1.54) is 11.8 Å². The van der Waals surface area contributed by atoms with Gasteiger partial charge in [-0.15, -0.1) is 5.10 Å². The summed E-state index contributed by atoms with van der Waals surface area (Å²) in [5.41, 5.74) is 0.749. The third kappa shape index (κ3) is 3.16. The predicted molar refractivity (Wildman–Crippen MR) is 87.8 cm³/mol. The molecule has 0 atom stereocenters. The molecule has 1 aromatic heterocycles. The molecule has 3 amide bonds. The quantitative estimate of drug-likeness (QED) is 0.607. The smallest absolute Gasteiger partial charge is 0.261 e. The molecular weight excluding hydrogens is 330 g/mol. The number of hydrogen-bond donors (Lipinski definition) is 2. The van der Waals surface area contributed by atoms with E-state index >= 15 is 0 Å². The Kier molecular flexibility index (Phi) is 4.61. The first kappa shape index (κ1) is 16.2. The number of nitrogens with one attached hydrogen (secondary N) is 2. The van der Waals surface area contributed by atoms with Crippen LogP contribution in [0.4, 0.5) is 5.95 Å². The van der Waals surface area contributed by atoms with Gasteiger partial charge in [-0.1, -0.05) is 30.8 Å². The lowest BCUT2D eigenvalue weighted by atomic mass is 10.1. The molecule has 2 aromatic rings. The highest BCUT2D eigenvalue weighted by molar-refractivity contribution is 7.99. The number of amides is 3. The number of aromatic amines is 1. The van der Waals surface area contributed by atoms with E-state index in [-0.39, 0.29) is 36.6 Å². The molecule has 3 rings (SSSR count). The largest absolute Gasteiger partial charge is 0.295 e. The third-order valence-corrected chi connectivity index (χ3v) is 4.17. The third-order valence-electron chi connectivity index (χ3n) is 3.44. The number of anilines is 1. The zero-order valence-corrected chi connectivity index (χ0v) is 13.7. The van der Waals surface area contributed by atoms with Gasteiger partial charge in [-0.25, -0.2) is 5.10 Å². The minimum atomic E-state index is -0.371. The van der Waals surface area contributed by atoms with E-state index in [0.717, 1.165) is 10.7 Å². The molecule has 24 heavy (non-hydrogen) atoms. The average molecular weight is 345 g/mol. The molecule has 124 valence electrons. The summed E-state index contributed by atoms with van der Waals surface area (Å²) in [5.74, 6) is -0.0196. The molecule has 0 saturated heterocycles. The summed E-state index contributed by atoms with van der Waals surface area (Å²) in [5, 5.41) is 9.68. The van der Waals surface area contributed by atoms with Gasteiger partial charge in [0.1, 0.15) is 0 Å². The van der Waals surface area contributed by atoms with Crippen LogP contribution in [0.2, 0.25) is 0 Å². The number of nitrogens with zero attached hydrogens (tertiary/aromatic N) is 3. The summed E-state index contributed by atoms with van der Waals surface area (Å²) >= 11 is 1.45. The Morgan fingerprint density at radius 3 is 2.54 bits per heavy atom. The van der Waals surface area contributed by atoms with Gasteiger partial charge in [0, 0.05) is 13.0 Å². The number of thioether (sulfide) groups is 1. The standard InChI is InChI=1S/C15H15N5O3S/c1-2-24-15-17-14(18-19-15)16-11(21)7-8-20-12(22)9-5-3-4-6-10(9)13(20)23/h3-6H,2,7-8H2,1H3,(H2,16,17,18,19,21). The van der Waals surface area contributed by atoms with Gasteiger partial charge in [0.05, 0.1) is 11.1 Å². The molecule has 1 aliphatic heterocycles. The maximum absolute atomic E-state index is 12.2. The van der Waals surface area contributed by atoms with Crippen LogP contribution >= 0.6 is 11.8 Å². The second-order valence-corrected chi connectivity index (χ2v) is 6.24. The summed E-state index contributed by atoms with van der Waals surface area (Å²) in [6.45, 7) is 1.99. The van der Waals surface area contributed by atoms with Crippen LogP contribution < -0.4 is 5.32 Å². The maximum Gasteiger partial charge on any atom is 0.261 e. The van der Waals surface area contributed by atoms with Crippen molar-refractivity contribution in [3.8, 4) is 0 Å². The SMILES string of the molecule is CCSc1n[nH]c(NC(=O)CCN2C(=O)c3ccccc3C2=O)n1. The van der Waals surface area contributed by atoms with Gasteiger partial charge in [0.2, 0.25) is 17.0 Å². The van der Waals surface area contributed by atoms with Gasteiger partial charge in [0.15, 0.2) is 0 Å². The summed E-state index contributed by atoms with van der Waals surface area (Å²) in [4.78, 5) is 41.5. The fourth-order valence-corrected chi connectivity index (χ4v) is 2.87.